The van der Waals surface area contributed by atoms with E-state index in [1.54, 1.807) is 6.20 Å². The lowest BCUT2D eigenvalue weighted by molar-refractivity contribution is 0.0949. The number of nitrogens with zero attached hydrogens (tertiary/aromatic N) is 3. The topological polar surface area (TPSA) is 59.8 Å². The van der Waals surface area contributed by atoms with Gasteiger partial charge < -0.3 is 9.88 Å². The fraction of sp³-hybridized carbons (Fsp3) is 0.136. The molecule has 4 aromatic rings. The number of amides is 1. The third kappa shape index (κ3) is 3.72. The lowest BCUT2D eigenvalue weighted by Crippen LogP contribution is -2.25. The van der Waals surface area contributed by atoms with E-state index in [1.165, 1.54) is 0 Å². The number of fused-ring (bicyclic) bond motifs is 1. The quantitative estimate of drug-likeness (QED) is 0.593. The number of imidazole rings is 1. The Bertz CT molecular complexity index is 1090. The van der Waals surface area contributed by atoms with Crippen LogP contribution in [-0.4, -0.2) is 20.4 Å². The third-order valence-electron chi connectivity index (χ3n) is 4.45. The lowest BCUT2D eigenvalue weighted by Gasteiger charge is -2.10. The molecule has 0 bridgehead atoms. The van der Waals surface area contributed by atoms with Crippen LogP contribution in [0.1, 0.15) is 27.3 Å². The Kier molecular flexibility index (Phi) is 4.66. The number of rotatable bonds is 5. The van der Waals surface area contributed by atoms with Crippen LogP contribution < -0.4 is 5.32 Å². The normalized spacial score (nSPS) is 10.9. The van der Waals surface area contributed by atoms with Crippen molar-refractivity contribution in [2.24, 2.45) is 0 Å². The third-order valence-corrected chi connectivity index (χ3v) is 4.45. The molecule has 134 valence electrons. The van der Waals surface area contributed by atoms with Crippen LogP contribution in [0.4, 0.5) is 0 Å². The van der Waals surface area contributed by atoms with E-state index in [2.05, 4.69) is 32.0 Å². The first kappa shape index (κ1) is 17.0. The Morgan fingerprint density at radius 1 is 1.04 bits per heavy atom. The Balaban J connectivity index is 1.61. The molecule has 0 aliphatic carbocycles. The molecule has 0 atom stereocenters. The van der Waals surface area contributed by atoms with Gasteiger partial charge in [0.1, 0.15) is 11.3 Å². The monoisotopic (exact) mass is 356 g/mol. The summed E-state index contributed by atoms with van der Waals surface area (Å²) in [5.41, 5.74) is 4.52. The minimum Gasteiger partial charge on any atom is -0.345 e. The van der Waals surface area contributed by atoms with Crippen LogP contribution in [0.5, 0.6) is 0 Å². The van der Waals surface area contributed by atoms with Gasteiger partial charge in [-0.25, -0.2) is 9.97 Å². The van der Waals surface area contributed by atoms with Gasteiger partial charge in [0.2, 0.25) is 0 Å². The van der Waals surface area contributed by atoms with Crippen molar-refractivity contribution < 1.29 is 4.79 Å². The van der Waals surface area contributed by atoms with Gasteiger partial charge in [0.25, 0.3) is 5.91 Å². The predicted molar refractivity (Wildman–Crippen MR) is 105 cm³/mol. The van der Waals surface area contributed by atoms with E-state index in [1.807, 2.05) is 61.5 Å². The number of carbonyl (C=O) groups excluding carboxylic acids is 1. The highest BCUT2D eigenvalue weighted by molar-refractivity contribution is 5.94. The van der Waals surface area contributed by atoms with Crippen LogP contribution in [0.3, 0.4) is 0 Å². The van der Waals surface area contributed by atoms with Crippen molar-refractivity contribution in [3.8, 4) is 0 Å². The highest BCUT2D eigenvalue weighted by atomic mass is 16.1. The molecule has 0 aliphatic heterocycles. The Hall–Kier alpha value is -3.47. The van der Waals surface area contributed by atoms with Crippen molar-refractivity contribution in [2.75, 3.05) is 0 Å². The van der Waals surface area contributed by atoms with Crippen LogP contribution in [0.15, 0.2) is 72.9 Å². The average Bonchev–Trinajstić information content (AvgIpc) is 3.04. The van der Waals surface area contributed by atoms with E-state index in [0.717, 1.165) is 28.1 Å². The fourth-order valence-corrected chi connectivity index (χ4v) is 3.12. The number of carbonyl (C=O) groups is 1. The maximum atomic E-state index is 12.5. The summed E-state index contributed by atoms with van der Waals surface area (Å²) in [5.74, 6) is 0.679. The van der Waals surface area contributed by atoms with Gasteiger partial charge in [-0.1, -0.05) is 48.0 Å². The first-order valence-electron chi connectivity index (χ1n) is 8.89. The molecule has 1 amide bonds. The number of nitrogens with one attached hydrogen (secondary N) is 1. The van der Waals surface area contributed by atoms with Crippen molar-refractivity contribution in [3.63, 3.8) is 0 Å². The maximum Gasteiger partial charge on any atom is 0.251 e. The van der Waals surface area contributed by atoms with Crippen molar-refractivity contribution in [1.29, 1.82) is 0 Å². The molecule has 0 aliphatic rings. The number of benzene rings is 2. The van der Waals surface area contributed by atoms with Crippen molar-refractivity contribution in [1.82, 2.24) is 19.9 Å². The second kappa shape index (κ2) is 7.41. The zero-order valence-corrected chi connectivity index (χ0v) is 15.1. The number of aryl methyl sites for hydroxylation is 1. The molecule has 1 N–H and O–H groups in total. The van der Waals surface area contributed by atoms with E-state index in [4.69, 9.17) is 0 Å². The van der Waals surface area contributed by atoms with E-state index >= 15 is 0 Å². The van der Waals surface area contributed by atoms with Crippen LogP contribution in [-0.2, 0) is 13.1 Å². The Labute approximate surface area is 157 Å². The molecule has 5 nitrogen and oxygen atoms in total. The van der Waals surface area contributed by atoms with E-state index in [0.29, 0.717) is 18.7 Å². The number of aromatic nitrogens is 3. The first-order valence-corrected chi connectivity index (χ1v) is 8.89. The summed E-state index contributed by atoms with van der Waals surface area (Å²) < 4.78 is 2.06. The first-order chi connectivity index (χ1) is 13.2. The van der Waals surface area contributed by atoms with Gasteiger partial charge in [-0.15, -0.1) is 0 Å². The minimum atomic E-state index is -0.107. The van der Waals surface area contributed by atoms with Crippen LogP contribution in [0.25, 0.3) is 11.2 Å². The summed E-state index contributed by atoms with van der Waals surface area (Å²) in [4.78, 5) is 21.7. The molecular weight excluding hydrogens is 336 g/mol. The largest absolute Gasteiger partial charge is 0.345 e. The van der Waals surface area contributed by atoms with Gasteiger partial charge in [0, 0.05) is 11.8 Å². The van der Waals surface area contributed by atoms with Crippen molar-refractivity contribution in [2.45, 2.75) is 20.0 Å². The molecule has 27 heavy (non-hydrogen) atoms. The zero-order valence-electron chi connectivity index (χ0n) is 15.1. The minimum absolute atomic E-state index is 0.107. The van der Waals surface area contributed by atoms with Crippen molar-refractivity contribution >= 4 is 17.1 Å². The Morgan fingerprint density at radius 3 is 2.70 bits per heavy atom. The maximum absolute atomic E-state index is 12.5. The molecule has 0 saturated carbocycles. The molecule has 4 rings (SSSR count). The molecule has 0 unspecified atom stereocenters. The second-order valence-corrected chi connectivity index (χ2v) is 6.50. The summed E-state index contributed by atoms with van der Waals surface area (Å²) in [6.45, 7) is 2.97. The molecule has 0 spiro atoms. The van der Waals surface area contributed by atoms with Gasteiger partial charge in [-0.3, -0.25) is 4.79 Å². The summed E-state index contributed by atoms with van der Waals surface area (Å²) in [5, 5.41) is 2.98. The molecule has 0 radical (unpaired) electrons. The van der Waals surface area contributed by atoms with Gasteiger partial charge in [-0.2, -0.15) is 0 Å². The molecule has 2 aromatic carbocycles. The van der Waals surface area contributed by atoms with Crippen molar-refractivity contribution in [3.05, 3.63) is 95.4 Å². The van der Waals surface area contributed by atoms with E-state index in [9.17, 15) is 4.79 Å². The number of pyridine rings is 1. The van der Waals surface area contributed by atoms with Crippen LogP contribution in [0, 0.1) is 6.92 Å². The van der Waals surface area contributed by atoms with Crippen LogP contribution >= 0.6 is 0 Å². The smallest absolute Gasteiger partial charge is 0.251 e. The molecule has 0 saturated heterocycles. The number of hydrogen-bond acceptors (Lipinski definition) is 3. The zero-order chi connectivity index (χ0) is 18.6. The summed E-state index contributed by atoms with van der Waals surface area (Å²) in [7, 11) is 0. The van der Waals surface area contributed by atoms with Crippen LogP contribution in [0.2, 0.25) is 0 Å². The predicted octanol–water partition coefficient (Wildman–Crippen LogP) is 3.72. The molecular formula is C22H20N4O. The van der Waals surface area contributed by atoms with E-state index < -0.39 is 0 Å². The summed E-state index contributed by atoms with van der Waals surface area (Å²) in [6, 6.07) is 21.5. The van der Waals surface area contributed by atoms with Gasteiger partial charge in [0.15, 0.2) is 5.65 Å². The molecule has 0 fully saturated rings. The molecule has 5 heteroatoms. The van der Waals surface area contributed by atoms with Gasteiger partial charge in [-0.05, 0) is 36.8 Å². The highest BCUT2D eigenvalue weighted by Gasteiger charge is 2.13. The summed E-state index contributed by atoms with van der Waals surface area (Å²) >= 11 is 0. The second-order valence-electron chi connectivity index (χ2n) is 6.50. The standard InChI is InChI=1S/C22H20N4O/c1-16-7-5-10-18(13-16)22(27)24-14-20-25-19-11-6-12-23-21(19)26(20)15-17-8-3-2-4-9-17/h2-13H,14-15H2,1H3,(H,24,27). The van der Waals surface area contributed by atoms with E-state index in [-0.39, 0.29) is 5.91 Å². The average molecular weight is 356 g/mol. The molecule has 2 aromatic heterocycles. The fourth-order valence-electron chi connectivity index (χ4n) is 3.12. The summed E-state index contributed by atoms with van der Waals surface area (Å²) in [6.07, 6.45) is 1.76. The molecule has 2 heterocycles. The SMILES string of the molecule is Cc1cccc(C(=O)NCc2nc3cccnc3n2Cc2ccccc2)c1. The Morgan fingerprint density at radius 2 is 1.89 bits per heavy atom. The number of hydrogen-bond donors (Lipinski definition) is 1. The highest BCUT2D eigenvalue weighted by Crippen LogP contribution is 2.16. The van der Waals surface area contributed by atoms with Gasteiger partial charge >= 0.3 is 0 Å². The van der Waals surface area contributed by atoms with Gasteiger partial charge in [0.05, 0.1) is 13.1 Å². The lowest BCUT2D eigenvalue weighted by atomic mass is 10.1.